The third kappa shape index (κ3) is 3.14. The number of ether oxygens (including phenoxy) is 1. The van der Waals surface area contributed by atoms with E-state index in [0.29, 0.717) is 6.61 Å². The summed E-state index contributed by atoms with van der Waals surface area (Å²) in [7, 11) is -0.297. The lowest BCUT2D eigenvalue weighted by atomic mass is 10.8. The Labute approximate surface area is 68.8 Å². The van der Waals surface area contributed by atoms with Crippen molar-refractivity contribution in [2.75, 3.05) is 19.1 Å². The Balaban J connectivity index is 4.44. The van der Waals surface area contributed by atoms with Crippen LogP contribution in [0, 0.1) is 5.39 Å². The monoisotopic (exact) mass is 176 g/mol. The zero-order chi connectivity index (χ0) is 8.85. The molecule has 0 aromatic carbocycles. The van der Waals surface area contributed by atoms with Crippen LogP contribution in [0.15, 0.2) is 11.0 Å². The van der Waals surface area contributed by atoms with Crippen LogP contribution < -0.4 is 0 Å². The number of hydrogen-bond acceptors (Lipinski definition) is 3. The van der Waals surface area contributed by atoms with Gasteiger partial charge >= 0.3 is 11.0 Å². The van der Waals surface area contributed by atoms with Gasteiger partial charge in [0, 0.05) is 0 Å². The van der Waals surface area contributed by atoms with E-state index in [4.69, 9.17) is 15.2 Å². The second-order valence-electron chi connectivity index (χ2n) is 1.96. The molecule has 4 nitrogen and oxygen atoms in total. The lowest BCUT2D eigenvalue weighted by molar-refractivity contribution is 0.101. The van der Waals surface area contributed by atoms with E-state index >= 15 is 0 Å². The van der Waals surface area contributed by atoms with Crippen LogP contribution in [0.2, 0.25) is 0 Å². The molecule has 11 heavy (non-hydrogen) atoms. The van der Waals surface area contributed by atoms with Gasteiger partial charge in [-0.3, -0.25) is 0 Å². The summed E-state index contributed by atoms with van der Waals surface area (Å²) >= 11 is 0. The van der Waals surface area contributed by atoms with Gasteiger partial charge in [-0.05, 0) is 6.92 Å². The smallest absolute Gasteiger partial charge is 0.471 e. The average molecular weight is 176 g/mol. The Morgan fingerprint density at radius 3 is 2.45 bits per heavy atom. The van der Waals surface area contributed by atoms with Crippen LogP contribution in [0.3, 0.4) is 0 Å². The maximum atomic E-state index is 9.09. The molecule has 0 saturated carbocycles. The van der Waals surface area contributed by atoms with Crippen molar-refractivity contribution in [2.45, 2.75) is 6.92 Å². The van der Waals surface area contributed by atoms with Gasteiger partial charge in [-0.25, -0.2) is 0 Å². The van der Waals surface area contributed by atoms with E-state index in [-0.39, 0.29) is 21.9 Å². The van der Waals surface area contributed by atoms with Crippen LogP contribution in [0.1, 0.15) is 6.92 Å². The first kappa shape index (κ1) is 10.1. The standard InChI is InChI=1S/C6H11N2O2S/c1-4-10-6(9)5(8-7)11(2)3/h4H2,1-3H3/q+1/p+1/b6-5+. The summed E-state index contributed by atoms with van der Waals surface area (Å²) in [6, 6.07) is 0. The highest BCUT2D eigenvalue weighted by Gasteiger charge is 2.35. The maximum Gasteiger partial charge on any atom is 0.631 e. The third-order valence-corrected chi connectivity index (χ3v) is 1.97. The van der Waals surface area contributed by atoms with Crippen LogP contribution in [0.5, 0.6) is 0 Å². The van der Waals surface area contributed by atoms with Crippen molar-refractivity contribution in [3.8, 4) is 0 Å². The van der Waals surface area contributed by atoms with Crippen LogP contribution in [0.4, 0.5) is 0 Å². The zero-order valence-electron chi connectivity index (χ0n) is 6.87. The minimum Gasteiger partial charge on any atom is -0.471 e. The van der Waals surface area contributed by atoms with Gasteiger partial charge < -0.3 is 9.84 Å². The van der Waals surface area contributed by atoms with Crippen molar-refractivity contribution in [3.63, 3.8) is 0 Å². The fourth-order valence-corrected chi connectivity index (χ4v) is 1.07. The van der Waals surface area contributed by atoms with Gasteiger partial charge in [-0.15, -0.1) is 0 Å². The van der Waals surface area contributed by atoms with Crippen molar-refractivity contribution in [1.82, 2.24) is 0 Å². The molecule has 0 unspecified atom stereocenters. The lowest BCUT2D eigenvalue weighted by Crippen LogP contribution is -2.02. The molecule has 0 rings (SSSR count). The first-order valence-corrected chi connectivity index (χ1v) is 5.16. The molecule has 0 atom stereocenters. The summed E-state index contributed by atoms with van der Waals surface area (Å²) < 4.78 is 4.74. The van der Waals surface area contributed by atoms with E-state index in [0.717, 1.165) is 0 Å². The fraction of sp³-hybridized carbons (Fsp3) is 0.667. The highest BCUT2D eigenvalue weighted by Crippen LogP contribution is 2.11. The predicted octanol–water partition coefficient (Wildman–Crippen LogP) is 1.44. The second kappa shape index (κ2) is 4.85. The summed E-state index contributed by atoms with van der Waals surface area (Å²) in [5, 5.41) is 17.7. The van der Waals surface area contributed by atoms with Gasteiger partial charge in [0.1, 0.15) is 23.4 Å². The normalized spacial score (nSPS) is 12.3. The average Bonchev–Trinajstić information content (AvgIpc) is 1.88. The van der Waals surface area contributed by atoms with Crippen LogP contribution in [0.25, 0.3) is 4.98 Å². The fourth-order valence-electron chi connectivity index (χ4n) is 0.497. The Morgan fingerprint density at radius 1 is 1.64 bits per heavy atom. The van der Waals surface area contributed by atoms with Crippen LogP contribution >= 0.6 is 0 Å². The summed E-state index contributed by atoms with van der Waals surface area (Å²) in [6.07, 6.45) is 3.65. The Morgan fingerprint density at radius 2 is 2.18 bits per heavy atom. The largest absolute Gasteiger partial charge is 0.631 e. The van der Waals surface area contributed by atoms with Crippen LogP contribution in [-0.4, -0.2) is 24.2 Å². The third-order valence-electron chi connectivity index (χ3n) is 0.942. The van der Waals surface area contributed by atoms with E-state index in [9.17, 15) is 0 Å². The molecule has 0 spiro atoms. The van der Waals surface area contributed by atoms with Gasteiger partial charge in [0.25, 0.3) is 0 Å². The minimum atomic E-state index is -0.297. The summed E-state index contributed by atoms with van der Waals surface area (Å²) in [4.78, 5) is 2.92. The van der Waals surface area contributed by atoms with E-state index in [1.54, 1.807) is 6.92 Å². The van der Waals surface area contributed by atoms with Crippen molar-refractivity contribution >= 4 is 10.9 Å². The molecule has 0 aromatic rings. The molecule has 1 N–H and O–H groups in total. The van der Waals surface area contributed by atoms with E-state index < -0.39 is 0 Å². The SMILES string of the molecule is CCO/C(O)=C(\[N+]#N)[S+](C)C. The maximum absolute atomic E-state index is 9.09. The van der Waals surface area contributed by atoms with E-state index in [2.05, 4.69) is 4.98 Å². The molecule has 0 saturated heterocycles. The molecule has 0 amide bonds. The van der Waals surface area contributed by atoms with Crippen molar-refractivity contribution in [1.29, 1.82) is 5.39 Å². The molecular formula is C6H12N2O2S+2. The first-order chi connectivity index (χ1) is 5.13. The first-order valence-electron chi connectivity index (χ1n) is 3.12. The van der Waals surface area contributed by atoms with Gasteiger partial charge in [-0.1, -0.05) is 0 Å². The van der Waals surface area contributed by atoms with Gasteiger partial charge in [0.2, 0.25) is 10.4 Å². The van der Waals surface area contributed by atoms with Crippen LogP contribution in [-0.2, 0) is 15.6 Å². The number of aliphatic hydroxyl groups excluding tert-OH is 1. The summed E-state index contributed by atoms with van der Waals surface area (Å²) in [5.41, 5.74) is 0. The highest BCUT2D eigenvalue weighted by atomic mass is 32.2. The Hall–Kier alpha value is -0.890. The molecule has 5 heteroatoms. The molecule has 0 aliphatic rings. The van der Waals surface area contributed by atoms with Crippen molar-refractivity contribution in [3.05, 3.63) is 16.0 Å². The molecule has 0 aromatic heterocycles. The van der Waals surface area contributed by atoms with Crippen molar-refractivity contribution < 1.29 is 9.84 Å². The molecule has 0 fully saturated rings. The molecule has 0 radical (unpaired) electrons. The molecule has 0 bridgehead atoms. The zero-order valence-corrected chi connectivity index (χ0v) is 7.68. The molecule has 0 aliphatic carbocycles. The lowest BCUT2D eigenvalue weighted by Gasteiger charge is -1.93. The quantitative estimate of drug-likeness (QED) is 0.402. The number of aliphatic hydroxyl groups is 1. The number of nitrogens with zero attached hydrogens (tertiary/aromatic N) is 2. The second-order valence-corrected chi connectivity index (χ2v) is 3.98. The van der Waals surface area contributed by atoms with Gasteiger partial charge in [-0.2, -0.15) is 0 Å². The van der Waals surface area contributed by atoms with Crippen molar-refractivity contribution in [2.24, 2.45) is 0 Å². The minimum absolute atomic E-state index is 0.201. The topological polar surface area (TPSA) is 57.6 Å². The van der Waals surface area contributed by atoms with E-state index in [1.165, 1.54) is 0 Å². The summed E-state index contributed by atoms with van der Waals surface area (Å²) in [6.45, 7) is 2.11. The summed E-state index contributed by atoms with van der Waals surface area (Å²) in [5.74, 6) is -0.289. The molecule has 0 heterocycles. The molecule has 62 valence electrons. The molecular weight excluding hydrogens is 164 g/mol. The Bertz CT molecular complexity index is 195. The van der Waals surface area contributed by atoms with Gasteiger partial charge in [0.05, 0.1) is 6.61 Å². The highest BCUT2D eigenvalue weighted by molar-refractivity contribution is 7.99. The number of hydrogen-bond donors (Lipinski definition) is 1. The predicted molar refractivity (Wildman–Crippen MR) is 45.6 cm³/mol. The number of rotatable bonds is 3. The van der Waals surface area contributed by atoms with Gasteiger partial charge in [0.15, 0.2) is 0 Å². The van der Waals surface area contributed by atoms with E-state index in [1.807, 2.05) is 12.5 Å². The molecule has 0 aliphatic heterocycles. The Kier molecular flexibility index (Phi) is 4.46. The number of diazo groups is 1.